The molecule has 56 heavy (non-hydrogen) atoms. The topological polar surface area (TPSA) is 153 Å². The third kappa shape index (κ3) is 9.04. The van der Waals surface area contributed by atoms with E-state index >= 15 is 0 Å². The lowest BCUT2D eigenvalue weighted by atomic mass is 10.1. The Balaban J connectivity index is 0.798. The Kier molecular flexibility index (Phi) is 11.0. The van der Waals surface area contributed by atoms with Crippen LogP contribution < -0.4 is 21.3 Å². The number of hydrogen-bond acceptors (Lipinski definition) is 7. The van der Waals surface area contributed by atoms with Gasteiger partial charge in [-0.05, 0) is 88.5 Å². The molecule has 0 aliphatic rings. The van der Waals surface area contributed by atoms with Crippen LogP contribution in [0.1, 0.15) is 54.7 Å². The SMILES string of the molecule is O=C(NCc1nc2ccccc2[nH]1)c1ccc(CNCc2cc(-c3ccc4nc(CNC(=O)c5ccc(CNCc6ccccc6)cc5)[nH]c4c3)ccn2)cc1. The van der Waals surface area contributed by atoms with Gasteiger partial charge in [-0.2, -0.15) is 0 Å². The van der Waals surface area contributed by atoms with Crippen molar-refractivity contribution in [2.75, 3.05) is 0 Å². The molecule has 278 valence electrons. The fraction of sp³-hybridized carbons (Fsp3) is 0.133. The van der Waals surface area contributed by atoms with Gasteiger partial charge in [-0.1, -0.05) is 72.8 Å². The van der Waals surface area contributed by atoms with E-state index in [-0.39, 0.29) is 18.4 Å². The van der Waals surface area contributed by atoms with Crippen molar-refractivity contribution in [1.29, 1.82) is 0 Å². The number of para-hydroxylation sites is 2. The minimum atomic E-state index is -0.150. The first kappa shape index (κ1) is 36.0. The molecule has 8 aromatic rings. The average Bonchev–Trinajstić information content (AvgIpc) is 3.86. The molecule has 11 heteroatoms. The Morgan fingerprint density at radius 2 is 1.02 bits per heavy atom. The Morgan fingerprint density at radius 3 is 1.66 bits per heavy atom. The molecule has 6 N–H and O–H groups in total. The van der Waals surface area contributed by atoms with Crippen LogP contribution in [0.2, 0.25) is 0 Å². The maximum atomic E-state index is 12.9. The molecule has 0 fully saturated rings. The second-order valence-electron chi connectivity index (χ2n) is 13.6. The molecular formula is C45H41N9O2. The van der Waals surface area contributed by atoms with Crippen molar-refractivity contribution < 1.29 is 9.59 Å². The number of imidazole rings is 2. The highest BCUT2D eigenvalue weighted by Gasteiger charge is 2.11. The fourth-order valence-corrected chi connectivity index (χ4v) is 6.53. The van der Waals surface area contributed by atoms with Crippen molar-refractivity contribution in [1.82, 2.24) is 46.2 Å². The largest absolute Gasteiger partial charge is 0.345 e. The maximum Gasteiger partial charge on any atom is 0.251 e. The second kappa shape index (κ2) is 17.0. The summed E-state index contributed by atoms with van der Waals surface area (Å²) in [6.07, 6.45) is 1.82. The van der Waals surface area contributed by atoms with E-state index in [0.717, 1.165) is 63.1 Å². The molecule has 0 saturated heterocycles. The van der Waals surface area contributed by atoms with Crippen molar-refractivity contribution in [2.24, 2.45) is 0 Å². The zero-order chi connectivity index (χ0) is 38.1. The molecule has 0 unspecified atom stereocenters. The van der Waals surface area contributed by atoms with E-state index in [1.54, 1.807) is 0 Å². The maximum absolute atomic E-state index is 12.9. The number of rotatable bonds is 15. The van der Waals surface area contributed by atoms with Gasteiger partial charge >= 0.3 is 0 Å². The molecule has 8 rings (SSSR count). The molecule has 0 aliphatic heterocycles. The highest BCUT2D eigenvalue weighted by Crippen LogP contribution is 2.24. The van der Waals surface area contributed by atoms with E-state index in [9.17, 15) is 9.59 Å². The van der Waals surface area contributed by atoms with Crippen LogP contribution in [0.4, 0.5) is 0 Å². The summed E-state index contributed by atoms with van der Waals surface area (Å²) >= 11 is 0. The number of amides is 2. The lowest BCUT2D eigenvalue weighted by Gasteiger charge is -2.08. The first-order valence-electron chi connectivity index (χ1n) is 18.6. The zero-order valence-corrected chi connectivity index (χ0v) is 30.7. The summed E-state index contributed by atoms with van der Waals surface area (Å²) in [5.74, 6) is 1.10. The number of hydrogen-bond donors (Lipinski definition) is 6. The summed E-state index contributed by atoms with van der Waals surface area (Å²) in [5, 5.41) is 12.8. The van der Waals surface area contributed by atoms with E-state index in [4.69, 9.17) is 4.98 Å². The molecular weight excluding hydrogens is 699 g/mol. The van der Waals surface area contributed by atoms with Gasteiger partial charge in [0.2, 0.25) is 0 Å². The Morgan fingerprint density at radius 1 is 0.482 bits per heavy atom. The summed E-state index contributed by atoms with van der Waals surface area (Å²) in [5.41, 5.74) is 11.1. The van der Waals surface area contributed by atoms with Crippen LogP contribution in [0.25, 0.3) is 33.2 Å². The van der Waals surface area contributed by atoms with Crippen molar-refractivity contribution in [3.8, 4) is 11.1 Å². The first-order valence-corrected chi connectivity index (χ1v) is 18.6. The number of aromatic amines is 2. The quantitative estimate of drug-likeness (QED) is 0.0667. The molecule has 0 spiro atoms. The Bertz CT molecular complexity index is 2550. The lowest BCUT2D eigenvalue weighted by Crippen LogP contribution is -2.23. The smallest absolute Gasteiger partial charge is 0.251 e. The van der Waals surface area contributed by atoms with Crippen LogP contribution in [0.3, 0.4) is 0 Å². The van der Waals surface area contributed by atoms with E-state index in [1.165, 1.54) is 5.56 Å². The number of fused-ring (bicyclic) bond motifs is 2. The third-order valence-electron chi connectivity index (χ3n) is 9.52. The Labute approximate surface area is 324 Å². The zero-order valence-electron chi connectivity index (χ0n) is 30.7. The predicted molar refractivity (Wildman–Crippen MR) is 218 cm³/mol. The van der Waals surface area contributed by atoms with Gasteiger partial charge in [0.1, 0.15) is 11.6 Å². The number of H-pyrrole nitrogens is 2. The minimum absolute atomic E-state index is 0.150. The number of pyridine rings is 1. The number of carbonyl (C=O) groups is 2. The molecule has 0 bridgehead atoms. The van der Waals surface area contributed by atoms with Crippen molar-refractivity contribution in [2.45, 2.75) is 39.3 Å². The second-order valence-corrected chi connectivity index (χ2v) is 13.6. The number of aromatic nitrogens is 5. The van der Waals surface area contributed by atoms with E-state index in [1.807, 2.05) is 115 Å². The molecule has 2 amide bonds. The Hall–Kier alpha value is -6.95. The molecule has 5 aromatic carbocycles. The summed E-state index contributed by atoms with van der Waals surface area (Å²) < 4.78 is 0. The van der Waals surface area contributed by atoms with Gasteiger partial charge in [-0.3, -0.25) is 14.6 Å². The van der Waals surface area contributed by atoms with Gasteiger partial charge in [0.25, 0.3) is 11.8 Å². The van der Waals surface area contributed by atoms with Gasteiger partial charge in [-0.15, -0.1) is 0 Å². The number of carbonyl (C=O) groups excluding carboxylic acids is 2. The normalized spacial score (nSPS) is 11.2. The van der Waals surface area contributed by atoms with Gasteiger partial charge in [0.15, 0.2) is 0 Å². The molecule has 0 saturated carbocycles. The molecule has 0 aliphatic carbocycles. The van der Waals surface area contributed by atoms with Crippen LogP contribution >= 0.6 is 0 Å². The number of nitrogens with zero attached hydrogens (tertiary/aromatic N) is 3. The van der Waals surface area contributed by atoms with E-state index in [2.05, 4.69) is 65.5 Å². The van der Waals surface area contributed by atoms with Crippen LogP contribution in [-0.4, -0.2) is 36.7 Å². The minimum Gasteiger partial charge on any atom is -0.345 e. The molecule has 3 aromatic heterocycles. The van der Waals surface area contributed by atoms with Crippen LogP contribution in [0.15, 0.2) is 140 Å². The summed E-state index contributed by atoms with van der Waals surface area (Å²) in [4.78, 5) is 46.0. The van der Waals surface area contributed by atoms with Crippen LogP contribution in [0, 0.1) is 0 Å². The van der Waals surface area contributed by atoms with Crippen LogP contribution in [0.5, 0.6) is 0 Å². The summed E-state index contributed by atoms with van der Waals surface area (Å²) in [6, 6.07) is 43.5. The monoisotopic (exact) mass is 739 g/mol. The van der Waals surface area contributed by atoms with Gasteiger partial charge < -0.3 is 31.2 Å². The summed E-state index contributed by atoms with van der Waals surface area (Å²) in [7, 11) is 0. The highest BCUT2D eigenvalue weighted by atomic mass is 16.2. The van der Waals surface area contributed by atoms with Crippen LogP contribution in [-0.2, 0) is 39.3 Å². The van der Waals surface area contributed by atoms with Gasteiger partial charge in [0, 0.05) is 43.5 Å². The highest BCUT2D eigenvalue weighted by molar-refractivity contribution is 5.94. The molecule has 3 heterocycles. The molecule has 11 nitrogen and oxygen atoms in total. The third-order valence-corrected chi connectivity index (χ3v) is 9.52. The van der Waals surface area contributed by atoms with E-state index < -0.39 is 0 Å². The number of benzene rings is 5. The first-order chi connectivity index (χ1) is 27.5. The van der Waals surface area contributed by atoms with Crippen molar-refractivity contribution in [3.05, 3.63) is 185 Å². The van der Waals surface area contributed by atoms with Crippen molar-refractivity contribution >= 4 is 33.9 Å². The van der Waals surface area contributed by atoms with Crippen molar-refractivity contribution in [3.63, 3.8) is 0 Å². The van der Waals surface area contributed by atoms with E-state index in [0.29, 0.717) is 42.4 Å². The predicted octanol–water partition coefficient (Wildman–Crippen LogP) is 6.94. The van der Waals surface area contributed by atoms with Gasteiger partial charge in [-0.25, -0.2) is 9.97 Å². The number of nitrogens with one attached hydrogen (secondary N) is 6. The van der Waals surface area contributed by atoms with Gasteiger partial charge in [0.05, 0.1) is 40.9 Å². The summed E-state index contributed by atoms with van der Waals surface area (Å²) in [6.45, 7) is 3.33. The standard InChI is InChI=1S/C45H41N9O2/c55-44(49-28-42-51-38-8-4-5-9-39(38)52-42)34-16-12-32(13-17-34)26-47-27-37-22-36(20-21-48-37)35-18-19-40-41(23-35)54-43(53-40)29-50-45(56)33-14-10-31(11-15-33)25-46-24-30-6-2-1-3-7-30/h1-23,46-47H,24-29H2,(H,49,55)(H,50,56)(H,51,52)(H,53,54). The molecule has 0 radical (unpaired) electrons. The molecule has 0 atom stereocenters. The fourth-order valence-electron chi connectivity index (χ4n) is 6.53. The lowest BCUT2D eigenvalue weighted by molar-refractivity contribution is 0.0942. The average molecular weight is 740 g/mol.